The van der Waals surface area contributed by atoms with Crippen LogP contribution >= 0.6 is 7.60 Å². The summed E-state index contributed by atoms with van der Waals surface area (Å²) in [6.07, 6.45) is 7.88. The van der Waals surface area contributed by atoms with Crippen molar-refractivity contribution in [2.24, 2.45) is 0 Å². The van der Waals surface area contributed by atoms with Crippen molar-refractivity contribution in [3.63, 3.8) is 0 Å². The molecule has 3 aromatic rings. The predicted molar refractivity (Wildman–Crippen MR) is 102 cm³/mol. The molecule has 0 radical (unpaired) electrons. The van der Waals surface area contributed by atoms with E-state index in [-0.39, 0.29) is 6.16 Å². The van der Waals surface area contributed by atoms with Crippen molar-refractivity contribution in [3.05, 3.63) is 77.9 Å². The molecule has 0 spiro atoms. The predicted octanol–water partition coefficient (Wildman–Crippen LogP) is 2.29. The van der Waals surface area contributed by atoms with Gasteiger partial charge in [-0.1, -0.05) is 20.1 Å². The van der Waals surface area contributed by atoms with Crippen molar-refractivity contribution in [3.8, 4) is 16.8 Å². The fourth-order valence-electron chi connectivity index (χ4n) is 2.93. The second-order valence-electron chi connectivity index (χ2n) is 6.46. The van der Waals surface area contributed by atoms with Crippen LogP contribution in [0.2, 0.25) is 0 Å². The number of aromatic nitrogens is 2. The van der Waals surface area contributed by atoms with E-state index in [1.807, 2.05) is 12.4 Å². The molecule has 0 atom stereocenters. The molecule has 0 saturated carbocycles. The van der Waals surface area contributed by atoms with E-state index in [9.17, 15) is 14.4 Å². The van der Waals surface area contributed by atoms with Gasteiger partial charge in [-0.3, -0.25) is 0 Å². The average molecular weight is 384 g/mol. The second-order valence-corrected chi connectivity index (χ2v) is 8.31. The fourth-order valence-corrected chi connectivity index (χ4v) is 2.93. The normalized spacial score (nSPS) is 10.9. The Balaban J connectivity index is 0.000000380. The Labute approximate surface area is 160 Å². The largest absolute Gasteiger partial charge is 0.811 e. The molecule has 27 heavy (non-hydrogen) atoms. The van der Waals surface area contributed by atoms with Gasteiger partial charge in [0.15, 0.2) is 24.8 Å². The van der Waals surface area contributed by atoms with E-state index >= 15 is 0 Å². The minimum Gasteiger partial charge on any atom is -0.811 e. The van der Waals surface area contributed by atoms with Crippen LogP contribution in [-0.4, -0.2) is 6.16 Å². The molecule has 0 aliphatic heterocycles. The molecular formula is C21H25N2O3P. The van der Waals surface area contributed by atoms with Gasteiger partial charge >= 0.3 is 0 Å². The first-order valence-corrected chi connectivity index (χ1v) is 10.5. The number of nitrogens with zero attached hydrogens (tertiary/aromatic N) is 1. The highest BCUT2D eigenvalue weighted by atomic mass is 31.2. The Hall–Kier alpha value is -2.33. The van der Waals surface area contributed by atoms with E-state index in [1.165, 1.54) is 40.4 Å². The fraction of sp³-hybridized carbons (Fsp3) is 0.238. The maximum atomic E-state index is 9.47. The van der Waals surface area contributed by atoms with E-state index in [2.05, 4.69) is 79.1 Å². The number of rotatable bonds is 3. The summed E-state index contributed by atoms with van der Waals surface area (Å²) in [6.45, 7) is 7.80. The molecular weight excluding hydrogens is 359 g/mol. The highest BCUT2D eigenvalue weighted by Crippen LogP contribution is 2.20. The van der Waals surface area contributed by atoms with Crippen LogP contribution in [0.3, 0.4) is 0 Å². The van der Waals surface area contributed by atoms with Crippen LogP contribution in [0.5, 0.6) is 0 Å². The molecule has 6 heteroatoms. The van der Waals surface area contributed by atoms with Gasteiger partial charge in [0.25, 0.3) is 0 Å². The summed E-state index contributed by atoms with van der Waals surface area (Å²) < 4.78 is 11.7. The molecule has 0 aliphatic rings. The molecule has 0 bridgehead atoms. The van der Waals surface area contributed by atoms with Gasteiger partial charge in [-0.15, -0.1) is 0 Å². The highest BCUT2D eigenvalue weighted by molar-refractivity contribution is 7.48. The van der Waals surface area contributed by atoms with Crippen molar-refractivity contribution in [1.82, 2.24) is 0 Å². The van der Waals surface area contributed by atoms with E-state index in [0.717, 1.165) is 0 Å². The number of nitrogens with one attached hydrogen (secondary N) is 1. The molecule has 5 nitrogen and oxygen atoms in total. The standard InChI is InChI=1S/C19H19N2.C2H7O3P/c1-14-12-15(2)19(16(3)13-14)21-10-6-18(7-11-21)17-4-8-20-9-5-17;1-2-6(3,4)5/h4-13H,1-3H3;2H2,1H3,(H2,3,4,5)/q+1;/p-1. The lowest BCUT2D eigenvalue weighted by Crippen LogP contribution is -2.31. The van der Waals surface area contributed by atoms with Gasteiger partial charge in [-0.25, -0.2) is 4.98 Å². The van der Waals surface area contributed by atoms with Crippen molar-refractivity contribution < 1.29 is 23.9 Å². The van der Waals surface area contributed by atoms with Crippen LogP contribution in [-0.2, 0) is 4.57 Å². The quantitative estimate of drug-likeness (QED) is 0.513. The first-order valence-electron chi connectivity index (χ1n) is 8.78. The van der Waals surface area contributed by atoms with Crippen molar-refractivity contribution in [1.29, 1.82) is 0 Å². The topological polar surface area (TPSA) is 81.2 Å². The first-order chi connectivity index (χ1) is 12.7. The van der Waals surface area contributed by atoms with Gasteiger partial charge < -0.3 is 14.4 Å². The highest BCUT2D eigenvalue weighted by Gasteiger charge is 2.14. The number of hydrogen-bond donors (Lipinski definition) is 0. The van der Waals surface area contributed by atoms with Crippen LogP contribution in [0.15, 0.2) is 61.2 Å². The third-order valence-electron chi connectivity index (χ3n) is 4.16. The van der Waals surface area contributed by atoms with Crippen molar-refractivity contribution in [2.45, 2.75) is 27.7 Å². The van der Waals surface area contributed by atoms with Crippen LogP contribution in [0.4, 0.5) is 0 Å². The maximum Gasteiger partial charge on any atom is 0.216 e. The van der Waals surface area contributed by atoms with Crippen LogP contribution in [0.1, 0.15) is 23.6 Å². The smallest absolute Gasteiger partial charge is 0.216 e. The lowest BCUT2D eigenvalue weighted by molar-refractivity contribution is -0.596. The van der Waals surface area contributed by atoms with Crippen LogP contribution in [0, 0.1) is 20.8 Å². The minimum absolute atomic E-state index is 0.285. The molecule has 0 amide bonds. The molecule has 1 aromatic carbocycles. The Morgan fingerprint density at radius 2 is 1.37 bits per heavy atom. The molecule has 0 saturated heterocycles. The molecule has 2 aromatic heterocycles. The van der Waals surface area contributed by atoms with Gasteiger partial charge in [0.2, 0.25) is 5.69 Å². The maximum absolute atomic E-state index is 9.47. The van der Waals surface area contributed by atoms with E-state index < -0.39 is 7.60 Å². The molecule has 3 rings (SSSR count). The zero-order valence-electron chi connectivity index (χ0n) is 16.1. The first kappa shape index (κ1) is 21.0. The van der Waals surface area contributed by atoms with E-state index in [1.54, 1.807) is 0 Å². The summed E-state index contributed by atoms with van der Waals surface area (Å²) in [5.74, 6) is 0. The lowest BCUT2D eigenvalue weighted by Gasteiger charge is -2.26. The summed E-state index contributed by atoms with van der Waals surface area (Å²) >= 11 is 0. The third kappa shape index (κ3) is 6.10. The van der Waals surface area contributed by atoms with Gasteiger partial charge in [-0.05, 0) is 50.2 Å². The summed E-state index contributed by atoms with van der Waals surface area (Å²) in [5, 5.41) is 0. The molecule has 142 valence electrons. The second kappa shape index (κ2) is 9.05. The van der Waals surface area contributed by atoms with Gasteiger partial charge in [0.1, 0.15) is 0 Å². The van der Waals surface area contributed by atoms with E-state index in [4.69, 9.17) is 0 Å². The van der Waals surface area contributed by atoms with Crippen LogP contribution in [0.25, 0.3) is 16.8 Å². The number of aryl methyl sites for hydroxylation is 3. The van der Waals surface area contributed by atoms with Gasteiger partial charge in [-0.2, -0.15) is 4.57 Å². The van der Waals surface area contributed by atoms with Crippen molar-refractivity contribution >= 4 is 7.60 Å². The SMILES string of the molecule is CCP(=O)([O-])[O-].Cc1cc(C)c(-[n+]2ccc(-c3cc[nH+]cc3)cc2)c(C)c1. The summed E-state index contributed by atoms with van der Waals surface area (Å²) in [7, 11) is -4.15. The lowest BCUT2D eigenvalue weighted by atomic mass is 10.0. The zero-order chi connectivity index (χ0) is 20.0. The van der Waals surface area contributed by atoms with E-state index in [0.29, 0.717) is 0 Å². The van der Waals surface area contributed by atoms with Gasteiger partial charge in [0.05, 0.1) is 0 Å². The van der Waals surface area contributed by atoms with Crippen LogP contribution < -0.4 is 19.3 Å². The number of benzene rings is 1. The minimum atomic E-state index is -4.15. The molecule has 1 N–H and O–H groups in total. The van der Waals surface area contributed by atoms with Gasteiger partial charge in [0, 0.05) is 35.4 Å². The molecule has 0 fully saturated rings. The molecule has 0 aliphatic carbocycles. The average Bonchev–Trinajstić information content (AvgIpc) is 2.62. The Morgan fingerprint density at radius 1 is 0.926 bits per heavy atom. The summed E-state index contributed by atoms with van der Waals surface area (Å²) in [6, 6.07) is 13.0. The Bertz CT molecular complexity index is 912. The summed E-state index contributed by atoms with van der Waals surface area (Å²) in [5.41, 5.74) is 7.64. The monoisotopic (exact) mass is 384 g/mol. The molecule has 0 unspecified atom stereocenters. The Morgan fingerprint density at radius 3 is 1.81 bits per heavy atom. The third-order valence-corrected chi connectivity index (χ3v) is 4.94. The van der Waals surface area contributed by atoms with Crippen molar-refractivity contribution in [2.75, 3.05) is 6.16 Å². The number of H-pyrrole nitrogens is 1. The Kier molecular flexibility index (Phi) is 7.03. The molecule has 2 heterocycles. The summed E-state index contributed by atoms with van der Waals surface area (Å²) in [4.78, 5) is 22.0. The zero-order valence-corrected chi connectivity index (χ0v) is 17.0. The number of hydrogen-bond acceptors (Lipinski definition) is 3. The number of aromatic amines is 1. The number of pyridine rings is 2.